The van der Waals surface area contributed by atoms with Crippen LogP contribution in [0.2, 0.25) is 5.02 Å². The molecule has 0 bridgehead atoms. The number of hydrogen-bond donors (Lipinski definition) is 1. The second-order valence-electron chi connectivity index (χ2n) is 5.07. The monoisotopic (exact) mass is 373 g/mol. The summed E-state index contributed by atoms with van der Waals surface area (Å²) < 4.78 is 28.7. The van der Waals surface area contributed by atoms with Crippen LogP contribution in [0.3, 0.4) is 0 Å². The molecule has 0 aliphatic carbocycles. The van der Waals surface area contributed by atoms with Crippen molar-refractivity contribution in [2.75, 3.05) is 0 Å². The molecule has 21 heavy (non-hydrogen) atoms. The Morgan fingerprint density at radius 1 is 1.14 bits per heavy atom. The lowest BCUT2D eigenvalue weighted by Crippen LogP contribution is -2.21. The normalized spacial score (nSPS) is 11.2. The summed E-state index contributed by atoms with van der Waals surface area (Å²) in [7, 11) is 0. The molecule has 0 saturated carbocycles. The zero-order valence-electron chi connectivity index (χ0n) is 11.7. The van der Waals surface area contributed by atoms with Gasteiger partial charge < -0.3 is 5.32 Å². The number of nitrogens with one attached hydrogen (secondary N) is 1. The first kappa shape index (κ1) is 16.4. The maximum absolute atomic E-state index is 14.2. The largest absolute Gasteiger partial charge is 0.310 e. The van der Waals surface area contributed by atoms with Gasteiger partial charge in [-0.3, -0.25) is 0 Å². The number of rotatable bonds is 4. The fraction of sp³-hybridized carbons (Fsp3) is 0.250. The van der Waals surface area contributed by atoms with Crippen LogP contribution >= 0.6 is 27.5 Å². The van der Waals surface area contributed by atoms with Gasteiger partial charge in [0.15, 0.2) is 5.82 Å². The Morgan fingerprint density at radius 2 is 1.86 bits per heavy atom. The Kier molecular flexibility index (Phi) is 5.36. The summed E-state index contributed by atoms with van der Waals surface area (Å²) in [6, 6.07) is 8.13. The molecule has 0 spiro atoms. The Balaban J connectivity index is 2.44. The van der Waals surface area contributed by atoms with E-state index in [0.717, 1.165) is 5.56 Å². The van der Waals surface area contributed by atoms with E-state index in [4.69, 9.17) is 11.6 Å². The summed E-state index contributed by atoms with van der Waals surface area (Å²) in [6.45, 7) is 4.65. The van der Waals surface area contributed by atoms with E-state index in [-0.39, 0.29) is 16.1 Å². The molecule has 0 unspecified atom stereocenters. The SMILES string of the molecule is CC(C)NCc1ccc(F)c(-c2ccc(Br)c(Cl)c2F)c1. The lowest BCUT2D eigenvalue weighted by atomic mass is 10.0. The molecule has 2 rings (SSSR count). The molecule has 0 fully saturated rings. The fourth-order valence-electron chi connectivity index (χ4n) is 1.94. The molecule has 2 aromatic rings. The molecule has 5 heteroatoms. The molecule has 112 valence electrons. The maximum Gasteiger partial charge on any atom is 0.150 e. The highest BCUT2D eigenvalue weighted by atomic mass is 79.9. The van der Waals surface area contributed by atoms with Gasteiger partial charge in [0.2, 0.25) is 0 Å². The highest BCUT2D eigenvalue weighted by Crippen LogP contribution is 2.34. The molecule has 0 atom stereocenters. The van der Waals surface area contributed by atoms with Crippen LogP contribution < -0.4 is 5.32 Å². The molecule has 0 aliphatic heterocycles. The Bertz CT molecular complexity index is 659. The van der Waals surface area contributed by atoms with Crippen LogP contribution in [0.25, 0.3) is 11.1 Å². The second kappa shape index (κ2) is 6.86. The quantitative estimate of drug-likeness (QED) is 0.692. The van der Waals surface area contributed by atoms with Crippen LogP contribution in [0.4, 0.5) is 8.78 Å². The van der Waals surface area contributed by atoms with Crippen molar-refractivity contribution in [3.8, 4) is 11.1 Å². The van der Waals surface area contributed by atoms with Crippen LogP contribution in [0.5, 0.6) is 0 Å². The summed E-state index contributed by atoms with van der Waals surface area (Å²) in [5, 5.41) is 3.20. The lowest BCUT2D eigenvalue weighted by Gasteiger charge is -2.12. The summed E-state index contributed by atoms with van der Waals surface area (Å²) in [6.07, 6.45) is 0. The van der Waals surface area contributed by atoms with Crippen molar-refractivity contribution >= 4 is 27.5 Å². The Labute approximate surface area is 136 Å². The molecule has 0 heterocycles. The van der Waals surface area contributed by atoms with Crippen molar-refractivity contribution in [3.05, 3.63) is 57.0 Å². The van der Waals surface area contributed by atoms with Gasteiger partial charge in [0.25, 0.3) is 0 Å². The van der Waals surface area contributed by atoms with Gasteiger partial charge in [-0.2, -0.15) is 0 Å². The zero-order valence-corrected chi connectivity index (χ0v) is 14.0. The molecular formula is C16H15BrClF2N. The number of benzene rings is 2. The van der Waals surface area contributed by atoms with Gasteiger partial charge in [-0.25, -0.2) is 8.78 Å². The topological polar surface area (TPSA) is 12.0 Å². The molecule has 2 aromatic carbocycles. The van der Waals surface area contributed by atoms with Gasteiger partial charge in [-0.1, -0.05) is 37.6 Å². The van der Waals surface area contributed by atoms with Gasteiger partial charge in [0.1, 0.15) is 5.82 Å². The van der Waals surface area contributed by atoms with Crippen molar-refractivity contribution in [2.24, 2.45) is 0 Å². The van der Waals surface area contributed by atoms with Gasteiger partial charge in [0.05, 0.1) is 5.02 Å². The second-order valence-corrected chi connectivity index (χ2v) is 6.31. The smallest absolute Gasteiger partial charge is 0.150 e. The third kappa shape index (κ3) is 3.82. The minimum atomic E-state index is -0.626. The minimum absolute atomic E-state index is 0.0439. The van der Waals surface area contributed by atoms with Crippen molar-refractivity contribution in [1.82, 2.24) is 5.32 Å². The molecule has 0 saturated heterocycles. The van der Waals surface area contributed by atoms with Gasteiger partial charge >= 0.3 is 0 Å². The van der Waals surface area contributed by atoms with Gasteiger partial charge in [-0.05, 0) is 39.7 Å². The summed E-state index contributed by atoms with van der Waals surface area (Å²) in [5.74, 6) is -1.10. The third-order valence-corrected chi connectivity index (χ3v) is 4.33. The molecule has 1 nitrogen and oxygen atoms in total. The van der Waals surface area contributed by atoms with E-state index >= 15 is 0 Å². The highest BCUT2D eigenvalue weighted by Gasteiger charge is 2.15. The van der Waals surface area contributed by atoms with Crippen LogP contribution in [0, 0.1) is 11.6 Å². The lowest BCUT2D eigenvalue weighted by molar-refractivity contribution is 0.586. The van der Waals surface area contributed by atoms with Gasteiger partial charge in [0, 0.05) is 28.2 Å². The molecule has 0 aliphatic rings. The van der Waals surface area contributed by atoms with E-state index in [1.54, 1.807) is 18.2 Å². The minimum Gasteiger partial charge on any atom is -0.310 e. The van der Waals surface area contributed by atoms with E-state index in [1.165, 1.54) is 12.1 Å². The first-order valence-electron chi connectivity index (χ1n) is 6.56. The summed E-state index contributed by atoms with van der Waals surface area (Å²) in [5.41, 5.74) is 1.26. The highest BCUT2D eigenvalue weighted by molar-refractivity contribution is 9.10. The fourth-order valence-corrected chi connectivity index (χ4v) is 2.42. The molecule has 1 N–H and O–H groups in total. The summed E-state index contributed by atoms with van der Waals surface area (Å²) in [4.78, 5) is 0. The van der Waals surface area contributed by atoms with Crippen molar-refractivity contribution in [3.63, 3.8) is 0 Å². The predicted molar refractivity (Wildman–Crippen MR) is 86.5 cm³/mol. The standard InChI is InChI=1S/C16H15BrClF2N/c1-9(2)21-8-10-3-6-14(19)12(7-10)11-4-5-13(17)15(18)16(11)20/h3-7,9,21H,8H2,1-2H3. The van der Waals surface area contributed by atoms with Crippen LogP contribution in [0.15, 0.2) is 34.8 Å². The van der Waals surface area contributed by atoms with Crippen molar-refractivity contribution in [2.45, 2.75) is 26.4 Å². The van der Waals surface area contributed by atoms with Crippen LogP contribution in [0.1, 0.15) is 19.4 Å². The van der Waals surface area contributed by atoms with Crippen molar-refractivity contribution < 1.29 is 8.78 Å². The van der Waals surface area contributed by atoms with E-state index in [0.29, 0.717) is 17.1 Å². The molecular weight excluding hydrogens is 360 g/mol. The van der Waals surface area contributed by atoms with E-state index in [2.05, 4.69) is 21.2 Å². The zero-order chi connectivity index (χ0) is 15.6. The van der Waals surface area contributed by atoms with Crippen molar-refractivity contribution in [1.29, 1.82) is 0 Å². The Morgan fingerprint density at radius 3 is 2.52 bits per heavy atom. The van der Waals surface area contributed by atoms with E-state index < -0.39 is 11.6 Å². The first-order valence-corrected chi connectivity index (χ1v) is 7.73. The molecule has 0 radical (unpaired) electrons. The Hall–Kier alpha value is -0.970. The first-order chi connectivity index (χ1) is 9.90. The van der Waals surface area contributed by atoms with Crippen LogP contribution in [-0.2, 0) is 6.54 Å². The average molecular weight is 375 g/mol. The number of halogens is 4. The van der Waals surface area contributed by atoms with Crippen LogP contribution in [-0.4, -0.2) is 6.04 Å². The number of hydrogen-bond acceptors (Lipinski definition) is 1. The van der Waals surface area contributed by atoms with Gasteiger partial charge in [-0.15, -0.1) is 0 Å². The average Bonchev–Trinajstić information content (AvgIpc) is 2.44. The third-order valence-electron chi connectivity index (χ3n) is 3.07. The molecule has 0 amide bonds. The predicted octanol–water partition coefficient (Wildman–Crippen LogP) is 5.55. The molecule has 0 aromatic heterocycles. The summed E-state index contributed by atoms with van der Waals surface area (Å²) >= 11 is 9.02. The maximum atomic E-state index is 14.2. The van der Waals surface area contributed by atoms with E-state index in [9.17, 15) is 8.78 Å². The van der Waals surface area contributed by atoms with E-state index in [1.807, 2.05) is 13.8 Å².